The highest BCUT2D eigenvalue weighted by Gasteiger charge is 2.64. The number of carbonyl (C=O) groups excluding carboxylic acids is 1. The molecule has 3 aliphatic carbocycles. The molecule has 150 valence electrons. The van der Waals surface area contributed by atoms with E-state index in [-0.39, 0.29) is 11.3 Å². The number of hydrogen-bond donors (Lipinski definition) is 0. The van der Waals surface area contributed by atoms with E-state index in [1.807, 2.05) is 24.4 Å². The van der Waals surface area contributed by atoms with Crippen LogP contribution < -0.4 is 4.48 Å². The fraction of sp³-hybridized carbons (Fsp3) is 0.680. The summed E-state index contributed by atoms with van der Waals surface area (Å²) >= 11 is 0. The van der Waals surface area contributed by atoms with Crippen molar-refractivity contribution in [1.82, 2.24) is 9.47 Å². The van der Waals surface area contributed by atoms with Crippen molar-refractivity contribution in [2.75, 3.05) is 6.54 Å². The average Bonchev–Trinajstić information content (AvgIpc) is 3.11. The molecule has 1 amide bonds. The number of amides is 1. The Balaban J connectivity index is 1.59. The van der Waals surface area contributed by atoms with Crippen LogP contribution in [0, 0.1) is 28.6 Å². The lowest BCUT2D eigenvalue weighted by Crippen LogP contribution is -2.71. The van der Waals surface area contributed by atoms with Crippen LogP contribution in [0.2, 0.25) is 0 Å². The van der Waals surface area contributed by atoms with Gasteiger partial charge in [-0.2, -0.15) is 0 Å². The third-order valence-electron chi connectivity index (χ3n) is 9.58. The molecule has 0 N–H and O–H groups in total. The van der Waals surface area contributed by atoms with Crippen LogP contribution in [0.3, 0.4) is 0 Å². The molecule has 28 heavy (non-hydrogen) atoms. The van der Waals surface area contributed by atoms with E-state index in [1.165, 1.54) is 38.5 Å². The molecule has 4 aliphatic rings. The van der Waals surface area contributed by atoms with Crippen molar-refractivity contribution in [3.8, 4) is 0 Å². The molecule has 1 aliphatic heterocycles. The van der Waals surface area contributed by atoms with E-state index >= 15 is 0 Å². The Bertz CT molecular complexity index is 804. The molecule has 3 nitrogen and oxygen atoms in total. The third kappa shape index (κ3) is 2.26. The quantitative estimate of drug-likeness (QED) is 0.635. The molecule has 0 aromatic carbocycles. The summed E-state index contributed by atoms with van der Waals surface area (Å²) in [5.74, 6) is 3.61. The minimum atomic E-state index is 0.0915. The molecular weight excluding hydrogens is 344 g/mol. The van der Waals surface area contributed by atoms with Crippen LogP contribution in [0.5, 0.6) is 0 Å². The number of hydrogen-bond acceptors (Lipinski definition) is 2. The maximum atomic E-state index is 13.4. The zero-order chi connectivity index (χ0) is 19.6. The second kappa shape index (κ2) is 6.26. The molecule has 1 aromatic rings. The minimum Gasteiger partial charge on any atom is -0.226 e. The fourth-order valence-electron chi connectivity index (χ4n) is 8.23. The van der Waals surface area contributed by atoms with Gasteiger partial charge in [-0.15, -0.1) is 0 Å². The van der Waals surface area contributed by atoms with Gasteiger partial charge in [0, 0.05) is 30.2 Å². The van der Waals surface area contributed by atoms with Crippen molar-refractivity contribution in [1.29, 1.82) is 0 Å². The summed E-state index contributed by atoms with van der Waals surface area (Å²) in [7, 11) is 0. The molecule has 7 atom stereocenters. The van der Waals surface area contributed by atoms with E-state index in [1.54, 1.807) is 0 Å². The minimum absolute atomic E-state index is 0.0915. The summed E-state index contributed by atoms with van der Waals surface area (Å²) in [6, 6.07) is 6.38. The normalized spacial score (nSPS) is 47.3. The number of likely N-dealkylation sites (N-methyl/N-ethyl adjacent to an activating group) is 1. The van der Waals surface area contributed by atoms with Gasteiger partial charge < -0.3 is 0 Å². The lowest BCUT2D eigenvalue weighted by Gasteiger charge is -2.60. The number of carbonyl (C=O) groups is 1. The Hall–Kier alpha value is -1.48. The van der Waals surface area contributed by atoms with Crippen molar-refractivity contribution < 1.29 is 4.79 Å². The summed E-state index contributed by atoms with van der Waals surface area (Å²) < 4.78 is 0.416. The van der Waals surface area contributed by atoms with Gasteiger partial charge in [-0.25, -0.2) is 14.3 Å². The summed E-state index contributed by atoms with van der Waals surface area (Å²) in [5.41, 5.74) is 0.671. The first kappa shape index (κ1) is 18.5. The van der Waals surface area contributed by atoms with Crippen molar-refractivity contribution in [3.63, 3.8) is 0 Å². The summed E-state index contributed by atoms with van der Waals surface area (Å²) in [4.78, 5) is 18.1. The van der Waals surface area contributed by atoms with Crippen LogP contribution in [-0.4, -0.2) is 23.5 Å². The highest BCUT2D eigenvalue weighted by molar-refractivity contribution is 5.98. The number of nitrogens with zero attached hydrogens (tertiary/aromatic N) is 2. The van der Waals surface area contributed by atoms with Crippen LogP contribution in [0.15, 0.2) is 36.5 Å². The van der Waals surface area contributed by atoms with E-state index in [4.69, 9.17) is 4.98 Å². The molecule has 0 bridgehead atoms. The zero-order valence-electron chi connectivity index (χ0n) is 17.7. The first-order valence-electron chi connectivity index (χ1n) is 11.5. The molecule has 1 aromatic heterocycles. The molecule has 0 radical (unpaired) electrons. The maximum Gasteiger partial charge on any atom is 0.344 e. The van der Waals surface area contributed by atoms with Crippen LogP contribution in [0.1, 0.15) is 65.7 Å². The molecule has 2 heterocycles. The molecule has 3 fully saturated rings. The molecule has 5 rings (SSSR count). The Kier molecular flexibility index (Phi) is 4.14. The van der Waals surface area contributed by atoms with E-state index in [0.29, 0.717) is 21.9 Å². The predicted molar refractivity (Wildman–Crippen MR) is 114 cm³/mol. The summed E-state index contributed by atoms with van der Waals surface area (Å²) in [6.07, 6.45) is 15.5. The Labute approximate surface area is 169 Å². The molecular formula is C25H35N2O+. The van der Waals surface area contributed by atoms with Gasteiger partial charge in [-0.1, -0.05) is 32.4 Å². The van der Waals surface area contributed by atoms with Gasteiger partial charge in [0.2, 0.25) is 5.82 Å². The number of fused-ring (bicyclic) bond motifs is 5. The average molecular weight is 380 g/mol. The first-order chi connectivity index (χ1) is 13.5. The van der Waals surface area contributed by atoms with Crippen molar-refractivity contribution in [3.05, 3.63) is 36.5 Å². The molecule has 1 unspecified atom stereocenters. The van der Waals surface area contributed by atoms with Crippen LogP contribution in [0.4, 0.5) is 5.82 Å². The van der Waals surface area contributed by atoms with Crippen molar-refractivity contribution >= 4 is 11.7 Å². The first-order valence-corrected chi connectivity index (χ1v) is 11.5. The Morgan fingerprint density at radius 3 is 2.71 bits per heavy atom. The van der Waals surface area contributed by atoms with Gasteiger partial charge in [-0.3, -0.25) is 0 Å². The number of pyridine rings is 1. The maximum absolute atomic E-state index is 13.4. The van der Waals surface area contributed by atoms with E-state index in [0.717, 1.165) is 30.6 Å². The number of aromatic nitrogens is 1. The van der Waals surface area contributed by atoms with E-state index in [2.05, 4.69) is 32.9 Å². The highest BCUT2D eigenvalue weighted by atomic mass is 16.2. The zero-order valence-corrected chi connectivity index (χ0v) is 17.7. The molecule has 0 spiro atoms. The van der Waals surface area contributed by atoms with E-state index < -0.39 is 0 Å². The van der Waals surface area contributed by atoms with Gasteiger partial charge in [0.1, 0.15) is 6.04 Å². The van der Waals surface area contributed by atoms with Gasteiger partial charge in [-0.05, 0) is 68.3 Å². The monoisotopic (exact) mass is 379 g/mol. The summed E-state index contributed by atoms with van der Waals surface area (Å²) in [6.45, 7) is 8.00. The van der Waals surface area contributed by atoms with Crippen molar-refractivity contribution in [2.24, 2.45) is 28.6 Å². The van der Waals surface area contributed by atoms with Gasteiger partial charge >= 0.3 is 5.91 Å². The highest BCUT2D eigenvalue weighted by Crippen LogP contribution is 2.64. The SMILES string of the molecule is CC[N+]1(c2ccccn2)C(=O)C=C[C@@]2(C)[C@H]1CC[C@H]1[C@@H]3CCC[C@@]3(C)CC[C@@H]12. The van der Waals surface area contributed by atoms with Crippen LogP contribution in [0.25, 0.3) is 0 Å². The number of rotatable bonds is 2. The Morgan fingerprint density at radius 2 is 1.96 bits per heavy atom. The second-order valence-electron chi connectivity index (χ2n) is 10.5. The lowest BCUT2D eigenvalue weighted by molar-refractivity contribution is -0.139. The van der Waals surface area contributed by atoms with Crippen LogP contribution in [-0.2, 0) is 4.79 Å². The molecule has 0 saturated heterocycles. The van der Waals surface area contributed by atoms with Crippen LogP contribution >= 0.6 is 0 Å². The lowest BCUT2D eigenvalue weighted by atomic mass is 9.48. The fourth-order valence-corrected chi connectivity index (χ4v) is 8.23. The number of quaternary nitrogens is 1. The largest absolute Gasteiger partial charge is 0.344 e. The smallest absolute Gasteiger partial charge is 0.226 e. The predicted octanol–water partition coefficient (Wildman–Crippen LogP) is 5.51. The summed E-state index contributed by atoms with van der Waals surface area (Å²) in [5, 5.41) is 0. The third-order valence-corrected chi connectivity index (χ3v) is 9.58. The standard InChI is InChI=1S/C25H35N2O/c1-4-27(22-9-5-6-17-26-22)21-11-10-18-19-8-7-14-24(19,2)15-12-20(18)25(21,3)16-13-23(27)28/h5-6,9,13,16-21H,4,7-8,10-12,14-15H2,1-3H3/q+1/t18-,19-,20-,21+,24-,25+,27?/m0/s1. The Morgan fingerprint density at radius 1 is 1.11 bits per heavy atom. The molecule has 3 heteroatoms. The van der Waals surface area contributed by atoms with Gasteiger partial charge in [0.25, 0.3) is 0 Å². The van der Waals surface area contributed by atoms with Crippen molar-refractivity contribution in [2.45, 2.75) is 71.8 Å². The van der Waals surface area contributed by atoms with Gasteiger partial charge in [0.15, 0.2) is 0 Å². The van der Waals surface area contributed by atoms with E-state index in [9.17, 15) is 4.79 Å². The second-order valence-corrected chi connectivity index (χ2v) is 10.5. The van der Waals surface area contributed by atoms with Gasteiger partial charge in [0.05, 0.1) is 6.54 Å². The molecule has 3 saturated carbocycles. The topological polar surface area (TPSA) is 30.0 Å².